The van der Waals surface area contributed by atoms with E-state index in [9.17, 15) is 0 Å². The molecule has 0 rings (SSSR count). The third-order valence-corrected chi connectivity index (χ3v) is 1.55. The lowest BCUT2D eigenvalue weighted by Crippen LogP contribution is -2.14. The first-order valence-corrected chi connectivity index (χ1v) is 4.48. The van der Waals surface area contributed by atoms with Gasteiger partial charge in [-0.25, -0.2) is 0 Å². The summed E-state index contributed by atoms with van der Waals surface area (Å²) < 4.78 is 5.58. The van der Waals surface area contributed by atoms with Crippen LogP contribution < -0.4 is 0 Å². The van der Waals surface area contributed by atoms with Crippen LogP contribution in [0.2, 0.25) is 0 Å². The predicted molar refractivity (Wildman–Crippen MR) is 49.7 cm³/mol. The van der Waals surface area contributed by atoms with Gasteiger partial charge in [0.1, 0.15) is 0 Å². The zero-order valence-electron chi connectivity index (χ0n) is 7.97. The van der Waals surface area contributed by atoms with Crippen LogP contribution in [0.5, 0.6) is 0 Å². The van der Waals surface area contributed by atoms with Gasteiger partial charge in [-0.05, 0) is 20.3 Å². The third kappa shape index (κ3) is 6.11. The van der Waals surface area contributed by atoms with Gasteiger partial charge in [-0.2, -0.15) is 0 Å². The second-order valence-electron chi connectivity index (χ2n) is 3.10. The Morgan fingerprint density at radius 2 is 2.09 bits per heavy atom. The Balaban J connectivity index is 3.49. The predicted octanol–water partition coefficient (Wildman–Crippen LogP) is 3.16. The lowest BCUT2D eigenvalue weighted by atomic mass is 10.1. The molecule has 0 aliphatic rings. The van der Waals surface area contributed by atoms with E-state index in [1.165, 1.54) is 12.8 Å². The minimum absolute atomic E-state index is 0.259. The molecule has 0 amide bonds. The Bertz CT molecular complexity index is 97.0. The Hall–Kier alpha value is -0.300. The van der Waals surface area contributed by atoms with Crippen LogP contribution in [-0.4, -0.2) is 12.2 Å². The van der Waals surface area contributed by atoms with Crippen LogP contribution in [0, 0.1) is 0 Å². The standard InChI is InChI=1S/C10H20O/c1-5-7-8-10(6-2)11-9(3)4/h6,9-10H,2,5,7-8H2,1,3-4H3. The maximum absolute atomic E-state index is 5.58. The summed E-state index contributed by atoms with van der Waals surface area (Å²) >= 11 is 0. The summed E-state index contributed by atoms with van der Waals surface area (Å²) in [6, 6.07) is 0. The molecule has 0 fully saturated rings. The van der Waals surface area contributed by atoms with E-state index in [2.05, 4.69) is 27.4 Å². The van der Waals surface area contributed by atoms with Crippen LogP contribution >= 0.6 is 0 Å². The zero-order valence-corrected chi connectivity index (χ0v) is 7.97. The number of hydrogen-bond donors (Lipinski definition) is 0. The van der Waals surface area contributed by atoms with Crippen molar-refractivity contribution in [1.82, 2.24) is 0 Å². The topological polar surface area (TPSA) is 9.23 Å². The van der Waals surface area contributed by atoms with Gasteiger partial charge in [-0.15, -0.1) is 6.58 Å². The number of unbranched alkanes of at least 4 members (excludes halogenated alkanes) is 1. The van der Waals surface area contributed by atoms with Crippen LogP contribution in [0.1, 0.15) is 40.0 Å². The summed E-state index contributed by atoms with van der Waals surface area (Å²) in [6.07, 6.45) is 6.04. The van der Waals surface area contributed by atoms with Crippen molar-refractivity contribution in [2.45, 2.75) is 52.2 Å². The summed E-state index contributed by atoms with van der Waals surface area (Å²) in [5.41, 5.74) is 0. The fraction of sp³-hybridized carbons (Fsp3) is 0.800. The lowest BCUT2D eigenvalue weighted by Gasteiger charge is -2.15. The first-order valence-electron chi connectivity index (χ1n) is 4.48. The molecule has 0 aromatic rings. The first-order chi connectivity index (χ1) is 5.20. The zero-order chi connectivity index (χ0) is 8.69. The highest BCUT2D eigenvalue weighted by atomic mass is 16.5. The van der Waals surface area contributed by atoms with Gasteiger partial charge in [0.2, 0.25) is 0 Å². The molecule has 0 spiro atoms. The van der Waals surface area contributed by atoms with E-state index in [-0.39, 0.29) is 6.10 Å². The molecule has 11 heavy (non-hydrogen) atoms. The Morgan fingerprint density at radius 3 is 2.45 bits per heavy atom. The summed E-state index contributed by atoms with van der Waals surface area (Å²) in [5, 5.41) is 0. The van der Waals surface area contributed by atoms with Crippen molar-refractivity contribution >= 4 is 0 Å². The van der Waals surface area contributed by atoms with E-state index in [1.807, 2.05) is 6.08 Å². The van der Waals surface area contributed by atoms with Crippen LogP contribution in [0.4, 0.5) is 0 Å². The Labute approximate surface area is 70.4 Å². The minimum atomic E-state index is 0.259. The number of ether oxygens (including phenoxy) is 1. The van der Waals surface area contributed by atoms with E-state index in [4.69, 9.17) is 4.74 Å². The Morgan fingerprint density at radius 1 is 1.45 bits per heavy atom. The molecular weight excluding hydrogens is 136 g/mol. The van der Waals surface area contributed by atoms with Gasteiger partial charge >= 0.3 is 0 Å². The summed E-state index contributed by atoms with van der Waals surface area (Å²) in [5.74, 6) is 0. The van der Waals surface area contributed by atoms with Gasteiger partial charge in [0.15, 0.2) is 0 Å². The molecule has 0 aromatic heterocycles. The average Bonchev–Trinajstić information content (AvgIpc) is 1.97. The van der Waals surface area contributed by atoms with Crippen molar-refractivity contribution in [2.24, 2.45) is 0 Å². The van der Waals surface area contributed by atoms with Gasteiger partial charge in [0, 0.05) is 0 Å². The summed E-state index contributed by atoms with van der Waals surface area (Å²) in [7, 11) is 0. The summed E-state index contributed by atoms with van der Waals surface area (Å²) in [4.78, 5) is 0. The second-order valence-corrected chi connectivity index (χ2v) is 3.10. The highest BCUT2D eigenvalue weighted by molar-refractivity contribution is 4.79. The van der Waals surface area contributed by atoms with Crippen molar-refractivity contribution in [1.29, 1.82) is 0 Å². The second kappa shape index (κ2) is 6.41. The quantitative estimate of drug-likeness (QED) is 0.537. The number of hydrogen-bond acceptors (Lipinski definition) is 1. The molecule has 0 aromatic carbocycles. The normalized spacial score (nSPS) is 13.5. The molecule has 0 aliphatic carbocycles. The summed E-state index contributed by atoms with van der Waals surface area (Å²) in [6.45, 7) is 10.0. The lowest BCUT2D eigenvalue weighted by molar-refractivity contribution is 0.0302. The smallest absolute Gasteiger partial charge is 0.0756 e. The average molecular weight is 156 g/mol. The molecule has 0 N–H and O–H groups in total. The van der Waals surface area contributed by atoms with E-state index < -0.39 is 0 Å². The molecule has 1 heteroatoms. The molecule has 66 valence electrons. The maximum atomic E-state index is 5.58. The fourth-order valence-corrected chi connectivity index (χ4v) is 0.996. The van der Waals surface area contributed by atoms with E-state index >= 15 is 0 Å². The highest BCUT2D eigenvalue weighted by Crippen LogP contribution is 2.07. The highest BCUT2D eigenvalue weighted by Gasteiger charge is 2.04. The largest absolute Gasteiger partial charge is 0.372 e. The van der Waals surface area contributed by atoms with Gasteiger partial charge in [0.25, 0.3) is 0 Å². The maximum Gasteiger partial charge on any atom is 0.0756 e. The number of rotatable bonds is 6. The van der Waals surface area contributed by atoms with Crippen molar-refractivity contribution in [3.05, 3.63) is 12.7 Å². The van der Waals surface area contributed by atoms with Gasteiger partial charge in [0.05, 0.1) is 12.2 Å². The van der Waals surface area contributed by atoms with Crippen LogP contribution in [-0.2, 0) is 4.74 Å². The van der Waals surface area contributed by atoms with Crippen LogP contribution in [0.3, 0.4) is 0 Å². The molecule has 0 aliphatic heterocycles. The van der Waals surface area contributed by atoms with Gasteiger partial charge < -0.3 is 4.74 Å². The van der Waals surface area contributed by atoms with Crippen molar-refractivity contribution < 1.29 is 4.74 Å². The molecular formula is C10H20O. The molecule has 0 heterocycles. The van der Waals surface area contributed by atoms with Crippen molar-refractivity contribution in [3.8, 4) is 0 Å². The van der Waals surface area contributed by atoms with Gasteiger partial charge in [-0.1, -0.05) is 25.8 Å². The monoisotopic (exact) mass is 156 g/mol. The van der Waals surface area contributed by atoms with Gasteiger partial charge in [-0.3, -0.25) is 0 Å². The van der Waals surface area contributed by atoms with E-state index in [0.29, 0.717) is 6.10 Å². The first kappa shape index (κ1) is 10.7. The van der Waals surface area contributed by atoms with Crippen molar-refractivity contribution in [2.75, 3.05) is 0 Å². The molecule has 1 unspecified atom stereocenters. The van der Waals surface area contributed by atoms with Crippen molar-refractivity contribution in [3.63, 3.8) is 0 Å². The molecule has 1 atom stereocenters. The SMILES string of the molecule is C=CC(CCCC)OC(C)C. The van der Waals surface area contributed by atoms with E-state index in [1.54, 1.807) is 0 Å². The Kier molecular flexibility index (Phi) is 6.24. The minimum Gasteiger partial charge on any atom is -0.372 e. The van der Waals surface area contributed by atoms with Crippen LogP contribution in [0.25, 0.3) is 0 Å². The molecule has 1 nitrogen and oxygen atoms in total. The molecule has 0 radical (unpaired) electrons. The van der Waals surface area contributed by atoms with Crippen LogP contribution in [0.15, 0.2) is 12.7 Å². The van der Waals surface area contributed by atoms with E-state index in [0.717, 1.165) is 6.42 Å². The molecule has 0 bridgehead atoms. The third-order valence-electron chi connectivity index (χ3n) is 1.55. The fourth-order valence-electron chi connectivity index (χ4n) is 0.996. The molecule has 0 saturated carbocycles. The molecule has 0 saturated heterocycles.